The van der Waals surface area contributed by atoms with Crippen LogP contribution in [0, 0.1) is 0 Å². The van der Waals surface area contributed by atoms with Crippen LogP contribution in [0.2, 0.25) is 0 Å². The zero-order valence-electron chi connectivity index (χ0n) is 13.6. The van der Waals surface area contributed by atoms with Crippen molar-refractivity contribution in [3.05, 3.63) is 0 Å². The number of hydrogen-bond acceptors (Lipinski definition) is 6. The highest BCUT2D eigenvalue weighted by molar-refractivity contribution is 7.81. The van der Waals surface area contributed by atoms with Gasteiger partial charge in [-0.1, -0.05) is 0 Å². The Morgan fingerprint density at radius 3 is 2.16 bits per heavy atom. The molecule has 0 saturated heterocycles. The maximum atomic E-state index is 12.2. The smallest absolute Gasteiger partial charge is 0.303 e. The summed E-state index contributed by atoms with van der Waals surface area (Å²) >= 11 is 3.78. The topological polar surface area (TPSA) is 203 Å². The molecule has 0 aromatic carbocycles. The van der Waals surface area contributed by atoms with E-state index in [2.05, 4.69) is 28.3 Å². The van der Waals surface area contributed by atoms with Crippen molar-refractivity contribution in [2.75, 3.05) is 12.3 Å². The Morgan fingerprint density at radius 1 is 1.04 bits per heavy atom. The van der Waals surface area contributed by atoms with Gasteiger partial charge in [-0.2, -0.15) is 12.6 Å². The van der Waals surface area contributed by atoms with Crippen LogP contribution in [0.1, 0.15) is 25.7 Å². The molecule has 0 aromatic heterocycles. The van der Waals surface area contributed by atoms with Crippen LogP contribution in [-0.2, 0) is 19.2 Å². The van der Waals surface area contributed by atoms with Gasteiger partial charge in [0.25, 0.3) is 0 Å². The summed E-state index contributed by atoms with van der Waals surface area (Å²) in [6, 6.07) is -2.11. The normalized spacial score (nSPS) is 12.5. The summed E-state index contributed by atoms with van der Waals surface area (Å²) in [5.74, 6) is -3.41. The minimum absolute atomic E-state index is 0.0946. The van der Waals surface area contributed by atoms with Gasteiger partial charge in [0.15, 0.2) is 5.96 Å². The van der Waals surface area contributed by atoms with Crippen molar-refractivity contribution in [2.24, 2.45) is 22.2 Å². The fourth-order valence-corrected chi connectivity index (χ4v) is 1.93. The van der Waals surface area contributed by atoms with Crippen LogP contribution >= 0.6 is 12.6 Å². The maximum absolute atomic E-state index is 12.2. The predicted octanol–water partition coefficient (Wildman–Crippen LogP) is -2.71. The molecule has 12 heteroatoms. The second-order valence-electron chi connectivity index (χ2n) is 5.12. The quantitative estimate of drug-likeness (QED) is 0.0829. The van der Waals surface area contributed by atoms with Crippen LogP contribution in [0.5, 0.6) is 0 Å². The number of carboxylic acid groups (broad SMARTS) is 1. The first-order valence-corrected chi connectivity index (χ1v) is 8.07. The van der Waals surface area contributed by atoms with Gasteiger partial charge in [-0.25, -0.2) is 0 Å². The molecule has 0 spiro atoms. The number of hydrogen-bond donors (Lipinski definition) is 7. The van der Waals surface area contributed by atoms with Gasteiger partial charge in [-0.05, 0) is 19.3 Å². The number of nitrogens with one attached hydrogen (secondary N) is 2. The number of guanidine groups is 1. The first-order chi connectivity index (χ1) is 11.7. The second-order valence-corrected chi connectivity index (χ2v) is 5.44. The van der Waals surface area contributed by atoms with Crippen LogP contribution < -0.4 is 27.8 Å². The SMILES string of the molecule is NC(=O)[C@H](CCCN=C(N)N)NC(=O)[C@H](CCC(=O)O)NC(=O)CS. The van der Waals surface area contributed by atoms with Crippen LogP contribution in [0.4, 0.5) is 0 Å². The number of nitrogens with zero attached hydrogens (tertiary/aromatic N) is 1. The lowest BCUT2D eigenvalue weighted by atomic mass is 10.1. The Hall–Kier alpha value is -2.50. The molecule has 0 aliphatic carbocycles. The molecule has 9 N–H and O–H groups in total. The van der Waals surface area contributed by atoms with Crippen molar-refractivity contribution >= 4 is 42.3 Å². The first-order valence-electron chi connectivity index (χ1n) is 7.44. The van der Waals surface area contributed by atoms with Crippen molar-refractivity contribution < 1.29 is 24.3 Å². The van der Waals surface area contributed by atoms with Crippen LogP contribution in [0.25, 0.3) is 0 Å². The van der Waals surface area contributed by atoms with Crippen molar-refractivity contribution in [1.29, 1.82) is 0 Å². The number of carbonyl (C=O) groups excluding carboxylic acids is 3. The van der Waals surface area contributed by atoms with E-state index in [9.17, 15) is 19.2 Å². The van der Waals surface area contributed by atoms with Crippen LogP contribution in [-0.4, -0.2) is 59.1 Å². The lowest BCUT2D eigenvalue weighted by Crippen LogP contribution is -2.53. The van der Waals surface area contributed by atoms with Gasteiger partial charge in [0.05, 0.1) is 5.75 Å². The van der Waals surface area contributed by atoms with Crippen LogP contribution in [0.15, 0.2) is 4.99 Å². The molecule has 142 valence electrons. The fourth-order valence-electron chi connectivity index (χ4n) is 1.84. The largest absolute Gasteiger partial charge is 0.481 e. The summed E-state index contributed by atoms with van der Waals surface area (Å²) in [4.78, 5) is 49.5. The van der Waals surface area contributed by atoms with Gasteiger partial charge in [0, 0.05) is 13.0 Å². The highest BCUT2D eigenvalue weighted by Crippen LogP contribution is 2.03. The van der Waals surface area contributed by atoms with E-state index in [1.54, 1.807) is 0 Å². The van der Waals surface area contributed by atoms with Gasteiger partial charge in [0.2, 0.25) is 17.7 Å². The number of nitrogens with two attached hydrogens (primary N) is 3. The highest BCUT2D eigenvalue weighted by Gasteiger charge is 2.25. The lowest BCUT2D eigenvalue weighted by Gasteiger charge is -2.21. The molecule has 25 heavy (non-hydrogen) atoms. The second kappa shape index (κ2) is 11.9. The summed E-state index contributed by atoms with van der Waals surface area (Å²) in [7, 11) is 0. The zero-order valence-corrected chi connectivity index (χ0v) is 14.5. The molecule has 0 heterocycles. The minimum atomic E-state index is -1.12. The number of amides is 3. The number of carboxylic acids is 1. The van der Waals surface area contributed by atoms with E-state index in [4.69, 9.17) is 22.3 Å². The molecule has 0 aliphatic heterocycles. The molecule has 11 nitrogen and oxygen atoms in total. The third kappa shape index (κ3) is 10.8. The van der Waals surface area contributed by atoms with Gasteiger partial charge in [-0.15, -0.1) is 0 Å². The van der Waals surface area contributed by atoms with E-state index in [1.807, 2.05) is 0 Å². The molecule has 0 rings (SSSR count). The van der Waals surface area contributed by atoms with E-state index in [1.165, 1.54) is 0 Å². The molecule has 3 amide bonds. The van der Waals surface area contributed by atoms with E-state index in [0.29, 0.717) is 6.42 Å². The Labute approximate surface area is 150 Å². The van der Waals surface area contributed by atoms with Gasteiger partial charge < -0.3 is 32.9 Å². The maximum Gasteiger partial charge on any atom is 0.303 e. The molecular formula is C13H24N6O5S. The number of primary amides is 1. The molecule has 0 aliphatic rings. The number of thiol groups is 1. The predicted molar refractivity (Wildman–Crippen MR) is 93.7 cm³/mol. The molecule has 0 saturated carbocycles. The van der Waals surface area contributed by atoms with E-state index in [-0.39, 0.29) is 37.5 Å². The average molecular weight is 376 g/mol. The van der Waals surface area contributed by atoms with Crippen molar-refractivity contribution in [3.63, 3.8) is 0 Å². The molecule has 0 bridgehead atoms. The molecule has 2 atom stereocenters. The Morgan fingerprint density at radius 2 is 1.68 bits per heavy atom. The number of carbonyl (C=O) groups is 4. The van der Waals surface area contributed by atoms with E-state index in [0.717, 1.165) is 0 Å². The molecule has 0 fully saturated rings. The van der Waals surface area contributed by atoms with Crippen LogP contribution in [0.3, 0.4) is 0 Å². The lowest BCUT2D eigenvalue weighted by molar-refractivity contribution is -0.138. The average Bonchev–Trinajstić information content (AvgIpc) is 2.52. The van der Waals surface area contributed by atoms with Crippen molar-refractivity contribution in [1.82, 2.24) is 10.6 Å². The van der Waals surface area contributed by atoms with Gasteiger partial charge >= 0.3 is 5.97 Å². The van der Waals surface area contributed by atoms with Gasteiger partial charge in [-0.3, -0.25) is 24.2 Å². The van der Waals surface area contributed by atoms with E-state index < -0.39 is 35.8 Å². The number of aliphatic imine (C=N–C) groups is 1. The molecular weight excluding hydrogens is 352 g/mol. The summed E-state index contributed by atoms with van der Waals surface area (Å²) in [5, 5.41) is 13.5. The number of aliphatic carboxylic acids is 1. The van der Waals surface area contributed by atoms with Crippen molar-refractivity contribution in [2.45, 2.75) is 37.8 Å². The number of rotatable bonds is 12. The summed E-state index contributed by atoms with van der Waals surface area (Å²) in [6.45, 7) is 0.251. The molecule has 0 aromatic rings. The molecule has 0 unspecified atom stereocenters. The minimum Gasteiger partial charge on any atom is -0.481 e. The monoisotopic (exact) mass is 376 g/mol. The standard InChI is InChI=1S/C13H24N6O5S/c14-11(23)7(2-1-5-17-13(15)16)19-12(24)8(3-4-10(21)22)18-9(20)6-25/h7-8,25H,1-6H2,(H2,14,23)(H,18,20)(H,19,24)(H,21,22)(H4,15,16,17)/t7-,8-/m0/s1. The van der Waals surface area contributed by atoms with Crippen molar-refractivity contribution in [3.8, 4) is 0 Å². The van der Waals surface area contributed by atoms with E-state index >= 15 is 0 Å². The first kappa shape index (κ1) is 22.5. The fraction of sp³-hybridized carbons (Fsp3) is 0.615. The third-order valence-corrected chi connectivity index (χ3v) is 3.33. The Kier molecular flexibility index (Phi) is 10.8. The summed E-state index contributed by atoms with van der Waals surface area (Å²) in [6.07, 6.45) is 0.0927. The Balaban J connectivity index is 4.80. The molecule has 0 radical (unpaired) electrons. The van der Waals surface area contributed by atoms with Gasteiger partial charge in [0.1, 0.15) is 12.1 Å². The summed E-state index contributed by atoms with van der Waals surface area (Å²) < 4.78 is 0. The third-order valence-electron chi connectivity index (χ3n) is 3.05. The highest BCUT2D eigenvalue weighted by atomic mass is 32.1. The zero-order chi connectivity index (χ0) is 19.4. The Bertz CT molecular complexity index is 523. The summed E-state index contributed by atoms with van der Waals surface area (Å²) in [5.41, 5.74) is 15.6.